The Bertz CT molecular complexity index is 648. The van der Waals surface area contributed by atoms with Gasteiger partial charge in [0.2, 0.25) is 0 Å². The van der Waals surface area contributed by atoms with E-state index in [0.29, 0.717) is 0 Å². The molecule has 1 aromatic rings. The number of β-lactam (4-membered cyclic amide) rings is 1. The molecule has 116 valence electrons. The van der Waals surface area contributed by atoms with Crippen LogP contribution in [0.15, 0.2) is 35.2 Å². The maximum atomic E-state index is 12.0. The number of carbonyl (C=O) groups excluding carboxylic acids is 2. The van der Waals surface area contributed by atoms with Gasteiger partial charge in [-0.15, -0.1) is 0 Å². The molecule has 3 atom stereocenters. The molecule has 2 saturated heterocycles. The Balaban J connectivity index is 1.99. The number of rotatable bonds is 3. The number of esters is 1. The highest BCUT2D eigenvalue weighted by atomic mass is 127. The van der Waals surface area contributed by atoms with Gasteiger partial charge in [-0.2, -0.15) is 0 Å². The van der Waals surface area contributed by atoms with Crippen molar-refractivity contribution in [1.82, 2.24) is 4.31 Å². The molecule has 0 bridgehead atoms. The van der Waals surface area contributed by atoms with Crippen molar-refractivity contribution >= 4 is 50.0 Å². The van der Waals surface area contributed by atoms with Gasteiger partial charge < -0.3 is 9.47 Å². The standard InChI is InChI=1S/C15H14INO4S/c1-8(18)21-12-11-13(20-2)15(19)17(11)22-14(12)10(16)9-6-4-3-5-7-9/h3-7,11-13H,1-2H3/b14-10-/t11-,12-,13+/m0/s1. The number of hydrogen-bond acceptors (Lipinski definition) is 5. The zero-order valence-electron chi connectivity index (χ0n) is 12.0. The minimum absolute atomic E-state index is 0.0816. The lowest BCUT2D eigenvalue weighted by Gasteiger charge is -2.40. The fourth-order valence-corrected chi connectivity index (χ4v) is 4.79. The summed E-state index contributed by atoms with van der Waals surface area (Å²) in [5, 5.41) is 0. The molecule has 22 heavy (non-hydrogen) atoms. The number of carbonyl (C=O) groups is 2. The molecule has 0 spiro atoms. The summed E-state index contributed by atoms with van der Waals surface area (Å²) in [7, 11) is 1.50. The molecule has 3 rings (SSSR count). The molecule has 2 heterocycles. The van der Waals surface area contributed by atoms with Crippen molar-refractivity contribution < 1.29 is 19.1 Å². The number of hydrogen-bond donors (Lipinski definition) is 0. The zero-order chi connectivity index (χ0) is 15.9. The van der Waals surface area contributed by atoms with Crippen LogP contribution in [-0.4, -0.2) is 41.5 Å². The van der Waals surface area contributed by atoms with Crippen molar-refractivity contribution in [2.45, 2.75) is 25.2 Å². The molecule has 0 radical (unpaired) electrons. The average Bonchev–Trinajstić information content (AvgIpc) is 2.82. The summed E-state index contributed by atoms with van der Waals surface area (Å²) >= 11 is 3.57. The summed E-state index contributed by atoms with van der Waals surface area (Å²) in [6, 6.07) is 9.58. The topological polar surface area (TPSA) is 55.8 Å². The van der Waals surface area contributed by atoms with Gasteiger partial charge in [-0.05, 0) is 40.1 Å². The van der Waals surface area contributed by atoms with E-state index in [1.807, 2.05) is 30.3 Å². The van der Waals surface area contributed by atoms with Crippen LogP contribution in [0.1, 0.15) is 12.5 Å². The van der Waals surface area contributed by atoms with Gasteiger partial charge >= 0.3 is 5.97 Å². The number of methoxy groups -OCH3 is 1. The first-order valence-electron chi connectivity index (χ1n) is 6.70. The molecule has 0 aliphatic carbocycles. The summed E-state index contributed by atoms with van der Waals surface area (Å²) in [5.74, 6) is -0.446. The molecular weight excluding hydrogens is 417 g/mol. The molecule has 2 aliphatic rings. The Kier molecular flexibility index (Phi) is 4.47. The third kappa shape index (κ3) is 2.55. The van der Waals surface area contributed by atoms with Crippen molar-refractivity contribution in [2.75, 3.05) is 7.11 Å². The molecule has 0 unspecified atom stereocenters. The van der Waals surface area contributed by atoms with Crippen LogP contribution in [-0.2, 0) is 19.1 Å². The third-order valence-corrected chi connectivity index (χ3v) is 6.42. The molecule has 2 fully saturated rings. The van der Waals surface area contributed by atoms with Gasteiger partial charge in [0, 0.05) is 17.6 Å². The Labute approximate surface area is 146 Å². The molecule has 7 heteroatoms. The van der Waals surface area contributed by atoms with Gasteiger partial charge in [0.15, 0.2) is 12.2 Å². The monoisotopic (exact) mass is 431 g/mol. The molecule has 2 aliphatic heterocycles. The second-order valence-electron chi connectivity index (χ2n) is 4.98. The largest absolute Gasteiger partial charge is 0.455 e. The van der Waals surface area contributed by atoms with E-state index in [0.717, 1.165) is 14.0 Å². The summed E-state index contributed by atoms with van der Waals surface area (Å²) in [6.45, 7) is 1.38. The van der Waals surface area contributed by atoms with E-state index in [1.54, 1.807) is 4.31 Å². The number of fused-ring (bicyclic) bond motifs is 1. The summed E-state index contributed by atoms with van der Waals surface area (Å²) in [4.78, 5) is 24.4. The molecule has 5 nitrogen and oxygen atoms in total. The van der Waals surface area contributed by atoms with E-state index >= 15 is 0 Å². The van der Waals surface area contributed by atoms with Gasteiger partial charge in [-0.1, -0.05) is 30.3 Å². The highest BCUT2D eigenvalue weighted by molar-refractivity contribution is 14.1. The van der Waals surface area contributed by atoms with Crippen LogP contribution in [0, 0.1) is 0 Å². The highest BCUT2D eigenvalue weighted by Crippen LogP contribution is 2.51. The Hall–Kier alpha value is -1.06. The van der Waals surface area contributed by atoms with Crippen LogP contribution in [0.25, 0.3) is 3.58 Å². The van der Waals surface area contributed by atoms with Gasteiger partial charge in [-0.3, -0.25) is 13.9 Å². The highest BCUT2D eigenvalue weighted by Gasteiger charge is 2.60. The van der Waals surface area contributed by atoms with Crippen molar-refractivity contribution in [2.24, 2.45) is 0 Å². The van der Waals surface area contributed by atoms with Crippen molar-refractivity contribution in [3.8, 4) is 0 Å². The van der Waals surface area contributed by atoms with Gasteiger partial charge in [0.05, 0.1) is 4.91 Å². The minimum atomic E-state index is -0.547. The van der Waals surface area contributed by atoms with Crippen LogP contribution in [0.4, 0.5) is 0 Å². The smallest absolute Gasteiger partial charge is 0.303 e. The summed E-state index contributed by atoms with van der Waals surface area (Å²) in [5.41, 5.74) is 1.03. The predicted octanol–water partition coefficient (Wildman–Crippen LogP) is 2.61. The Morgan fingerprint density at radius 2 is 1.95 bits per heavy atom. The van der Waals surface area contributed by atoms with E-state index in [9.17, 15) is 9.59 Å². The van der Waals surface area contributed by atoms with Gasteiger partial charge in [-0.25, -0.2) is 0 Å². The maximum Gasteiger partial charge on any atom is 0.303 e. The number of amides is 1. The summed E-state index contributed by atoms with van der Waals surface area (Å²) < 4.78 is 13.3. The van der Waals surface area contributed by atoms with Crippen molar-refractivity contribution in [3.63, 3.8) is 0 Å². The quantitative estimate of drug-likeness (QED) is 0.319. The van der Waals surface area contributed by atoms with E-state index in [2.05, 4.69) is 22.6 Å². The molecule has 0 aromatic heterocycles. The number of benzene rings is 1. The SMILES string of the molecule is CO[C@H]1C(=O)N2S/C(=C(\I)c3ccccc3)[C@@H](OC(C)=O)[C@@H]12. The zero-order valence-corrected chi connectivity index (χ0v) is 15.0. The normalized spacial score (nSPS) is 29.0. The molecule has 0 N–H and O–H groups in total. The summed E-state index contributed by atoms with van der Waals surface area (Å²) in [6.07, 6.45) is -1.02. The lowest BCUT2D eigenvalue weighted by molar-refractivity contribution is -0.169. The van der Waals surface area contributed by atoms with Crippen LogP contribution in [0.3, 0.4) is 0 Å². The van der Waals surface area contributed by atoms with Gasteiger partial charge in [0.1, 0.15) is 6.04 Å². The minimum Gasteiger partial charge on any atom is -0.455 e. The van der Waals surface area contributed by atoms with Crippen molar-refractivity contribution in [3.05, 3.63) is 40.8 Å². The van der Waals surface area contributed by atoms with Crippen LogP contribution >= 0.6 is 34.5 Å². The average molecular weight is 431 g/mol. The van der Waals surface area contributed by atoms with E-state index in [1.165, 1.54) is 26.0 Å². The first-order valence-corrected chi connectivity index (χ1v) is 8.56. The number of ether oxygens (including phenoxy) is 2. The predicted molar refractivity (Wildman–Crippen MR) is 92.0 cm³/mol. The third-order valence-electron chi connectivity index (χ3n) is 3.60. The number of nitrogens with zero attached hydrogens (tertiary/aromatic N) is 1. The first kappa shape index (κ1) is 15.8. The second kappa shape index (κ2) is 6.21. The Morgan fingerprint density at radius 3 is 2.55 bits per heavy atom. The van der Waals surface area contributed by atoms with Crippen LogP contribution < -0.4 is 0 Å². The fraction of sp³-hybridized carbons (Fsp3) is 0.333. The molecule has 1 amide bonds. The fourth-order valence-electron chi connectivity index (χ4n) is 2.59. The van der Waals surface area contributed by atoms with Crippen LogP contribution in [0.5, 0.6) is 0 Å². The lowest BCUT2D eigenvalue weighted by atomic mass is 9.95. The number of halogens is 1. The second-order valence-corrected chi connectivity index (χ2v) is 7.07. The van der Waals surface area contributed by atoms with E-state index < -0.39 is 12.2 Å². The molecular formula is C15H14INO4S. The van der Waals surface area contributed by atoms with Gasteiger partial charge in [0.25, 0.3) is 5.91 Å². The van der Waals surface area contributed by atoms with Crippen molar-refractivity contribution in [1.29, 1.82) is 0 Å². The first-order chi connectivity index (χ1) is 10.5. The maximum absolute atomic E-state index is 12.0. The lowest BCUT2D eigenvalue weighted by Crippen LogP contribution is -2.63. The van der Waals surface area contributed by atoms with E-state index in [4.69, 9.17) is 9.47 Å². The molecule has 1 aromatic carbocycles. The van der Waals surface area contributed by atoms with E-state index in [-0.39, 0.29) is 17.9 Å². The molecule has 0 saturated carbocycles. The van der Waals surface area contributed by atoms with Crippen LogP contribution in [0.2, 0.25) is 0 Å². The Morgan fingerprint density at radius 1 is 1.27 bits per heavy atom.